The number of ketones is 1. The zero-order chi connectivity index (χ0) is 16.4. The first-order chi connectivity index (χ1) is 10.3. The van der Waals surface area contributed by atoms with Crippen LogP contribution in [0.2, 0.25) is 0 Å². The highest BCUT2D eigenvalue weighted by Crippen LogP contribution is 2.38. The molecule has 0 aliphatic carbocycles. The van der Waals surface area contributed by atoms with Gasteiger partial charge in [0.25, 0.3) is 0 Å². The fourth-order valence-electron chi connectivity index (χ4n) is 2.10. The molecule has 0 atom stereocenters. The lowest BCUT2D eigenvalue weighted by atomic mass is 10.00. The number of carbonyl (C=O) groups is 1. The average molecular weight is 304 g/mol. The average Bonchev–Trinajstić information content (AvgIpc) is 2.49. The molecule has 22 heavy (non-hydrogen) atoms. The summed E-state index contributed by atoms with van der Waals surface area (Å²) < 4.78 is 0. The maximum atomic E-state index is 12.1. The minimum Gasteiger partial charge on any atom is -0.504 e. The van der Waals surface area contributed by atoms with E-state index in [0.29, 0.717) is 11.1 Å². The van der Waals surface area contributed by atoms with Gasteiger partial charge in [0.1, 0.15) is 0 Å². The maximum absolute atomic E-state index is 12.1. The standard InChI is InChI=1S/C16H16O6/c1-8-2-3-9(14(20)13(8)19)4-6-11(17)10-5-7-12(18)16(22)15(10)21/h2-3,5,7,18-22H,4,6H2,1H3. The molecule has 0 fully saturated rings. The SMILES string of the molecule is Cc1ccc(CCC(=O)c2ccc(O)c(O)c2O)c(O)c1O. The zero-order valence-electron chi connectivity index (χ0n) is 11.9. The van der Waals surface area contributed by atoms with Crippen LogP contribution < -0.4 is 0 Å². The molecule has 2 rings (SSSR count). The molecule has 6 nitrogen and oxygen atoms in total. The van der Waals surface area contributed by atoms with E-state index in [1.165, 1.54) is 6.07 Å². The summed E-state index contributed by atoms with van der Waals surface area (Å²) in [6.07, 6.45) is 0.105. The van der Waals surface area contributed by atoms with Gasteiger partial charge < -0.3 is 25.5 Å². The van der Waals surface area contributed by atoms with Crippen molar-refractivity contribution >= 4 is 5.78 Å². The van der Waals surface area contributed by atoms with E-state index in [1.54, 1.807) is 19.1 Å². The molecule has 0 bridgehead atoms. The Kier molecular flexibility index (Phi) is 4.12. The van der Waals surface area contributed by atoms with Gasteiger partial charge in [0.15, 0.2) is 28.8 Å². The fraction of sp³-hybridized carbons (Fsp3) is 0.188. The van der Waals surface area contributed by atoms with Crippen molar-refractivity contribution in [3.63, 3.8) is 0 Å². The summed E-state index contributed by atoms with van der Waals surface area (Å²) in [7, 11) is 0. The molecule has 0 radical (unpaired) electrons. The van der Waals surface area contributed by atoms with Crippen molar-refractivity contribution in [1.29, 1.82) is 0 Å². The van der Waals surface area contributed by atoms with Crippen LogP contribution in [0.5, 0.6) is 28.7 Å². The number of hydrogen-bond donors (Lipinski definition) is 5. The number of rotatable bonds is 4. The normalized spacial score (nSPS) is 10.6. The van der Waals surface area contributed by atoms with E-state index in [1.807, 2.05) is 0 Å². The Labute approximate surface area is 126 Å². The zero-order valence-corrected chi connectivity index (χ0v) is 11.9. The van der Waals surface area contributed by atoms with Crippen LogP contribution in [0.4, 0.5) is 0 Å². The van der Waals surface area contributed by atoms with Gasteiger partial charge in [-0.1, -0.05) is 12.1 Å². The summed E-state index contributed by atoms with van der Waals surface area (Å²) in [5.74, 6) is -2.91. The van der Waals surface area contributed by atoms with Crippen LogP contribution >= 0.6 is 0 Å². The summed E-state index contributed by atoms with van der Waals surface area (Å²) in [6.45, 7) is 1.64. The molecule has 0 spiro atoms. The Morgan fingerprint density at radius 3 is 2.23 bits per heavy atom. The number of aryl methyl sites for hydroxylation is 2. The lowest BCUT2D eigenvalue weighted by Crippen LogP contribution is -2.02. The summed E-state index contributed by atoms with van der Waals surface area (Å²) in [5.41, 5.74) is 0.804. The van der Waals surface area contributed by atoms with Gasteiger partial charge in [0.2, 0.25) is 5.75 Å². The van der Waals surface area contributed by atoms with E-state index in [2.05, 4.69) is 0 Å². The number of carbonyl (C=O) groups excluding carboxylic acids is 1. The molecule has 116 valence electrons. The molecule has 0 amide bonds. The molecular weight excluding hydrogens is 288 g/mol. The van der Waals surface area contributed by atoms with E-state index >= 15 is 0 Å². The van der Waals surface area contributed by atoms with Crippen molar-refractivity contribution in [3.05, 3.63) is 41.0 Å². The Bertz CT molecular complexity index is 736. The molecule has 6 heteroatoms. The first kappa shape index (κ1) is 15.5. The highest BCUT2D eigenvalue weighted by molar-refractivity contribution is 5.99. The highest BCUT2D eigenvalue weighted by atomic mass is 16.3. The van der Waals surface area contributed by atoms with Crippen molar-refractivity contribution in [2.75, 3.05) is 0 Å². The molecule has 0 heterocycles. The van der Waals surface area contributed by atoms with Gasteiger partial charge in [-0.05, 0) is 36.6 Å². The van der Waals surface area contributed by atoms with Crippen molar-refractivity contribution in [2.24, 2.45) is 0 Å². The summed E-state index contributed by atoms with van der Waals surface area (Å²) in [4.78, 5) is 12.1. The highest BCUT2D eigenvalue weighted by Gasteiger charge is 2.18. The first-order valence-corrected chi connectivity index (χ1v) is 6.60. The van der Waals surface area contributed by atoms with Gasteiger partial charge in [-0.3, -0.25) is 4.79 Å². The molecule has 0 aromatic heterocycles. The van der Waals surface area contributed by atoms with Gasteiger partial charge in [0.05, 0.1) is 5.56 Å². The van der Waals surface area contributed by atoms with E-state index < -0.39 is 23.0 Å². The number of Topliss-reactive ketones (excluding diaryl/α,β-unsaturated/α-hetero) is 1. The van der Waals surface area contributed by atoms with E-state index in [0.717, 1.165) is 6.07 Å². The first-order valence-electron chi connectivity index (χ1n) is 6.60. The number of hydrogen-bond acceptors (Lipinski definition) is 6. The van der Waals surface area contributed by atoms with Crippen molar-refractivity contribution in [2.45, 2.75) is 19.8 Å². The third kappa shape index (κ3) is 2.76. The molecule has 5 N–H and O–H groups in total. The number of phenols is 5. The lowest BCUT2D eigenvalue weighted by Gasteiger charge is -2.09. The fourth-order valence-corrected chi connectivity index (χ4v) is 2.10. The van der Waals surface area contributed by atoms with Crippen LogP contribution in [0.25, 0.3) is 0 Å². The number of aromatic hydroxyl groups is 5. The third-order valence-electron chi connectivity index (χ3n) is 3.49. The van der Waals surface area contributed by atoms with Crippen LogP contribution in [0.1, 0.15) is 27.9 Å². The van der Waals surface area contributed by atoms with Crippen LogP contribution in [0, 0.1) is 6.92 Å². The minimum absolute atomic E-state index is 0.0478. The Hall–Kier alpha value is -2.89. The summed E-state index contributed by atoms with van der Waals surface area (Å²) in [5, 5.41) is 47.8. The van der Waals surface area contributed by atoms with E-state index in [-0.39, 0.29) is 29.9 Å². The van der Waals surface area contributed by atoms with Gasteiger partial charge in [-0.2, -0.15) is 0 Å². The monoisotopic (exact) mass is 304 g/mol. The molecule has 0 aliphatic heterocycles. The Morgan fingerprint density at radius 2 is 1.55 bits per heavy atom. The number of benzene rings is 2. The second-order valence-electron chi connectivity index (χ2n) is 4.99. The largest absolute Gasteiger partial charge is 0.504 e. The molecule has 2 aromatic carbocycles. The molecule has 2 aromatic rings. The van der Waals surface area contributed by atoms with Gasteiger partial charge >= 0.3 is 0 Å². The van der Waals surface area contributed by atoms with Crippen LogP contribution in [-0.4, -0.2) is 31.3 Å². The molecule has 0 saturated heterocycles. The smallest absolute Gasteiger partial charge is 0.201 e. The minimum atomic E-state index is -0.748. The lowest BCUT2D eigenvalue weighted by molar-refractivity contribution is 0.0979. The Morgan fingerprint density at radius 1 is 0.864 bits per heavy atom. The quantitative estimate of drug-likeness (QED) is 0.437. The summed E-state index contributed by atoms with van der Waals surface area (Å²) in [6, 6.07) is 5.54. The predicted molar refractivity (Wildman–Crippen MR) is 78.6 cm³/mol. The second-order valence-corrected chi connectivity index (χ2v) is 4.99. The van der Waals surface area contributed by atoms with E-state index in [9.17, 15) is 30.3 Å². The molecule has 0 unspecified atom stereocenters. The van der Waals surface area contributed by atoms with Crippen molar-refractivity contribution < 1.29 is 30.3 Å². The van der Waals surface area contributed by atoms with Crippen LogP contribution in [0.15, 0.2) is 24.3 Å². The molecule has 0 saturated carbocycles. The van der Waals surface area contributed by atoms with Gasteiger partial charge in [-0.25, -0.2) is 0 Å². The second kappa shape index (κ2) is 5.85. The summed E-state index contributed by atoms with van der Waals surface area (Å²) >= 11 is 0. The third-order valence-corrected chi connectivity index (χ3v) is 3.49. The predicted octanol–water partition coefficient (Wildman–Crippen LogP) is 2.34. The van der Waals surface area contributed by atoms with E-state index in [4.69, 9.17) is 0 Å². The topological polar surface area (TPSA) is 118 Å². The van der Waals surface area contributed by atoms with Crippen LogP contribution in [-0.2, 0) is 6.42 Å². The Balaban J connectivity index is 2.18. The van der Waals surface area contributed by atoms with Crippen LogP contribution in [0.3, 0.4) is 0 Å². The number of phenolic OH excluding ortho intramolecular Hbond substituents is 5. The molecular formula is C16H16O6. The maximum Gasteiger partial charge on any atom is 0.201 e. The van der Waals surface area contributed by atoms with Crippen molar-refractivity contribution in [3.8, 4) is 28.7 Å². The van der Waals surface area contributed by atoms with Gasteiger partial charge in [0, 0.05) is 6.42 Å². The van der Waals surface area contributed by atoms with Crippen molar-refractivity contribution in [1.82, 2.24) is 0 Å². The van der Waals surface area contributed by atoms with Gasteiger partial charge in [-0.15, -0.1) is 0 Å². The molecule has 0 aliphatic rings.